The number of carbonyl (C=O) groups is 1. The molecule has 8 heteroatoms. The molecule has 3 aromatic rings. The van der Waals surface area contributed by atoms with Crippen LogP contribution in [0.3, 0.4) is 0 Å². The highest BCUT2D eigenvalue weighted by Gasteiger charge is 2.31. The number of halogens is 1. The molecular formula is C27H33FN4O2S. The lowest BCUT2D eigenvalue weighted by Crippen LogP contribution is -2.48. The van der Waals surface area contributed by atoms with Crippen molar-refractivity contribution in [3.8, 4) is 0 Å². The van der Waals surface area contributed by atoms with Crippen molar-refractivity contribution in [3.05, 3.63) is 56.7 Å². The summed E-state index contributed by atoms with van der Waals surface area (Å²) in [6.07, 6.45) is 3.80. The van der Waals surface area contributed by atoms with E-state index in [2.05, 4.69) is 30.7 Å². The summed E-state index contributed by atoms with van der Waals surface area (Å²) in [6, 6.07) is 6.47. The van der Waals surface area contributed by atoms with Gasteiger partial charge in [-0.2, -0.15) is 0 Å². The molecule has 1 N–H and O–H groups in total. The first-order valence-electron chi connectivity index (χ1n) is 12.5. The molecule has 0 saturated carbocycles. The predicted molar refractivity (Wildman–Crippen MR) is 139 cm³/mol. The summed E-state index contributed by atoms with van der Waals surface area (Å²) in [7, 11) is 0. The van der Waals surface area contributed by atoms with Gasteiger partial charge in [0.15, 0.2) is 0 Å². The first kappa shape index (κ1) is 24.0. The lowest BCUT2D eigenvalue weighted by Gasteiger charge is -2.36. The average Bonchev–Trinajstić information content (AvgIpc) is 3.21. The molecule has 2 aromatic heterocycles. The van der Waals surface area contributed by atoms with Crippen LogP contribution in [0.5, 0.6) is 0 Å². The molecule has 5 rings (SSSR count). The Balaban J connectivity index is 1.21. The molecule has 1 aromatic carbocycles. The van der Waals surface area contributed by atoms with Gasteiger partial charge in [0, 0.05) is 49.6 Å². The molecule has 0 radical (unpaired) electrons. The van der Waals surface area contributed by atoms with E-state index in [1.165, 1.54) is 22.6 Å². The van der Waals surface area contributed by atoms with Crippen molar-refractivity contribution in [2.24, 2.45) is 11.3 Å². The Morgan fingerprint density at radius 1 is 1.17 bits per heavy atom. The zero-order valence-corrected chi connectivity index (χ0v) is 21.5. The highest BCUT2D eigenvalue weighted by atomic mass is 32.1. The molecule has 3 heterocycles. The number of aromatic amines is 1. The van der Waals surface area contributed by atoms with Gasteiger partial charge in [0.1, 0.15) is 16.5 Å². The largest absolute Gasteiger partial charge is 0.368 e. The van der Waals surface area contributed by atoms with Gasteiger partial charge in [-0.3, -0.25) is 9.59 Å². The Morgan fingerprint density at radius 3 is 2.57 bits per heavy atom. The highest BCUT2D eigenvalue weighted by molar-refractivity contribution is 7.18. The summed E-state index contributed by atoms with van der Waals surface area (Å²) < 4.78 is 13.2. The van der Waals surface area contributed by atoms with E-state index in [0.29, 0.717) is 50.8 Å². The van der Waals surface area contributed by atoms with Crippen molar-refractivity contribution in [2.75, 3.05) is 31.1 Å². The zero-order valence-electron chi connectivity index (χ0n) is 20.7. The van der Waals surface area contributed by atoms with Crippen LogP contribution < -0.4 is 10.5 Å². The van der Waals surface area contributed by atoms with Gasteiger partial charge in [0.25, 0.3) is 5.56 Å². The molecule has 0 spiro atoms. The van der Waals surface area contributed by atoms with Crippen molar-refractivity contribution in [2.45, 2.75) is 52.9 Å². The third kappa shape index (κ3) is 4.99. The second-order valence-corrected chi connectivity index (χ2v) is 11.9. The number of hydrogen-bond acceptors (Lipinski definition) is 5. The molecule has 1 amide bonds. The summed E-state index contributed by atoms with van der Waals surface area (Å²) in [5.41, 5.74) is 2.34. The predicted octanol–water partition coefficient (Wildman–Crippen LogP) is 4.56. The molecule has 1 aliphatic heterocycles. The summed E-state index contributed by atoms with van der Waals surface area (Å²) in [6.45, 7) is 9.57. The fourth-order valence-electron chi connectivity index (χ4n) is 5.34. The molecule has 2 aliphatic rings. The fourth-order valence-corrected chi connectivity index (χ4v) is 6.65. The number of aryl methyl sites for hydroxylation is 2. The number of thiophene rings is 1. The number of anilines is 1. The molecule has 1 aliphatic carbocycles. The molecule has 1 saturated heterocycles. The van der Waals surface area contributed by atoms with Crippen molar-refractivity contribution >= 4 is 33.1 Å². The molecule has 6 nitrogen and oxygen atoms in total. The van der Waals surface area contributed by atoms with Crippen molar-refractivity contribution in [3.63, 3.8) is 0 Å². The van der Waals surface area contributed by atoms with E-state index in [1.54, 1.807) is 23.5 Å². The van der Waals surface area contributed by atoms with Gasteiger partial charge in [-0.1, -0.05) is 20.8 Å². The highest BCUT2D eigenvalue weighted by Crippen LogP contribution is 2.42. The molecule has 0 bridgehead atoms. The molecule has 1 fully saturated rings. The average molecular weight is 497 g/mol. The van der Waals surface area contributed by atoms with E-state index < -0.39 is 0 Å². The number of hydrogen-bond donors (Lipinski definition) is 1. The Morgan fingerprint density at radius 2 is 1.89 bits per heavy atom. The van der Waals surface area contributed by atoms with Gasteiger partial charge in [-0.25, -0.2) is 9.37 Å². The first-order valence-corrected chi connectivity index (χ1v) is 13.3. The Labute approximate surface area is 209 Å². The molecule has 1 atom stereocenters. The van der Waals surface area contributed by atoms with Crippen LogP contribution >= 0.6 is 11.3 Å². The second kappa shape index (κ2) is 9.37. The third-order valence-corrected chi connectivity index (χ3v) is 8.74. The number of benzene rings is 1. The molecule has 35 heavy (non-hydrogen) atoms. The molecule has 186 valence electrons. The maximum atomic E-state index is 13.2. The minimum absolute atomic E-state index is 0.0722. The van der Waals surface area contributed by atoms with E-state index in [1.807, 2.05) is 4.90 Å². The van der Waals surface area contributed by atoms with Gasteiger partial charge in [0.2, 0.25) is 5.91 Å². The third-order valence-electron chi connectivity index (χ3n) is 7.59. The van der Waals surface area contributed by atoms with Gasteiger partial charge < -0.3 is 14.8 Å². The normalized spacial score (nSPS) is 18.7. The van der Waals surface area contributed by atoms with Crippen LogP contribution in [-0.2, 0) is 24.1 Å². The number of nitrogens with zero attached hydrogens (tertiary/aromatic N) is 3. The van der Waals surface area contributed by atoms with E-state index >= 15 is 0 Å². The number of rotatable bonds is 4. The van der Waals surface area contributed by atoms with Crippen LogP contribution in [0.25, 0.3) is 10.2 Å². The van der Waals surface area contributed by atoms with E-state index in [4.69, 9.17) is 4.98 Å². The van der Waals surface area contributed by atoms with Crippen LogP contribution in [0, 0.1) is 17.2 Å². The van der Waals surface area contributed by atoms with Crippen LogP contribution in [0.1, 0.15) is 49.9 Å². The quantitative estimate of drug-likeness (QED) is 0.575. The number of fused-ring (bicyclic) bond motifs is 3. The van der Waals surface area contributed by atoms with E-state index in [-0.39, 0.29) is 22.7 Å². The summed E-state index contributed by atoms with van der Waals surface area (Å²) in [5, 5.41) is 0.754. The number of carbonyl (C=O) groups excluding carboxylic acids is 1. The summed E-state index contributed by atoms with van der Waals surface area (Å²) >= 11 is 1.65. The molecule has 0 unspecified atom stereocenters. The van der Waals surface area contributed by atoms with Crippen molar-refractivity contribution in [1.29, 1.82) is 0 Å². The Hall–Kier alpha value is -2.74. The maximum absolute atomic E-state index is 13.2. The van der Waals surface area contributed by atoms with Crippen molar-refractivity contribution < 1.29 is 9.18 Å². The smallest absolute Gasteiger partial charge is 0.259 e. The number of H-pyrrole nitrogens is 1. The lowest BCUT2D eigenvalue weighted by atomic mass is 9.72. The van der Waals surface area contributed by atoms with Gasteiger partial charge in [0.05, 0.1) is 5.39 Å². The van der Waals surface area contributed by atoms with Gasteiger partial charge in [-0.15, -0.1) is 11.3 Å². The Bertz CT molecular complexity index is 1280. The summed E-state index contributed by atoms with van der Waals surface area (Å²) in [5.74, 6) is 1.03. The van der Waals surface area contributed by atoms with Crippen LogP contribution in [0.15, 0.2) is 29.1 Å². The Kier molecular flexibility index (Phi) is 6.42. The fraction of sp³-hybridized carbons (Fsp3) is 0.519. The van der Waals surface area contributed by atoms with Crippen LogP contribution in [-0.4, -0.2) is 47.0 Å². The van der Waals surface area contributed by atoms with Crippen LogP contribution in [0.4, 0.5) is 10.1 Å². The minimum Gasteiger partial charge on any atom is -0.368 e. The van der Waals surface area contributed by atoms with Crippen LogP contribution in [0.2, 0.25) is 0 Å². The summed E-state index contributed by atoms with van der Waals surface area (Å²) in [4.78, 5) is 39.6. The number of aromatic nitrogens is 2. The molecular weight excluding hydrogens is 463 g/mol. The van der Waals surface area contributed by atoms with E-state index in [9.17, 15) is 14.0 Å². The standard InChI is InChI=1S/C27H33FN4O2S/c1-27(2,3)17-4-9-20-21(16-17)35-26-24(20)25(34)29-22(30-26)10-11-23(33)32-14-12-31(13-15-32)19-7-5-18(28)6-8-19/h5-8,17H,4,9-16H2,1-3H3,(H,29,30,34)/t17-/m1/s1. The zero-order chi connectivity index (χ0) is 24.7. The maximum Gasteiger partial charge on any atom is 0.259 e. The van der Waals surface area contributed by atoms with E-state index in [0.717, 1.165) is 35.2 Å². The SMILES string of the molecule is CC(C)(C)[C@@H]1CCc2c(sc3nc(CCC(=O)N4CCN(c5ccc(F)cc5)CC4)[nH]c(=O)c23)C1. The van der Waals surface area contributed by atoms with Crippen molar-refractivity contribution in [1.82, 2.24) is 14.9 Å². The van der Waals surface area contributed by atoms with Gasteiger partial charge in [-0.05, 0) is 60.4 Å². The lowest BCUT2D eigenvalue weighted by molar-refractivity contribution is -0.131. The minimum atomic E-state index is -0.246. The first-order chi connectivity index (χ1) is 16.7. The van der Waals surface area contributed by atoms with Gasteiger partial charge >= 0.3 is 0 Å². The monoisotopic (exact) mass is 496 g/mol. The number of amides is 1. The second-order valence-electron chi connectivity index (χ2n) is 10.8. The number of piperazine rings is 1. The number of nitrogens with one attached hydrogen (secondary N) is 1. The topological polar surface area (TPSA) is 69.3 Å².